The molecule has 3 rings (SSSR count). The number of nitrogens with one attached hydrogen (secondary N) is 2. The number of aliphatic hydroxyl groups excluding tert-OH is 1. The predicted octanol–water partition coefficient (Wildman–Crippen LogP) is 2.62. The molecule has 1 aromatic heterocycles. The van der Waals surface area contributed by atoms with Gasteiger partial charge in [-0.2, -0.15) is 4.99 Å². The molecule has 1 heterocycles. The Hall–Kier alpha value is -4.46. The lowest BCUT2D eigenvalue weighted by Gasteiger charge is -2.21. The number of nitrogens with two attached hydrogens (primary N) is 3. The van der Waals surface area contributed by atoms with Crippen molar-refractivity contribution in [3.63, 3.8) is 0 Å². The maximum atomic E-state index is 12.3. The number of carbonyl (C=O) groups is 2. The van der Waals surface area contributed by atoms with Crippen molar-refractivity contribution in [1.82, 2.24) is 20.2 Å². The summed E-state index contributed by atoms with van der Waals surface area (Å²) in [7, 11) is 1.96. The van der Waals surface area contributed by atoms with Crippen LogP contribution in [0.1, 0.15) is 59.0 Å². The molecular formula is C30H40ClN9O4. The zero-order chi connectivity index (χ0) is 32.1. The molecule has 10 N–H and O–H groups in total. The molecule has 0 aliphatic carbocycles. The minimum Gasteiger partial charge on any atom is -0.506 e. The summed E-state index contributed by atoms with van der Waals surface area (Å²) in [6, 6.07) is 13.3. The Bertz CT molecular complexity index is 1440. The number of guanidine groups is 1. The Morgan fingerprint density at radius 3 is 2.36 bits per heavy atom. The van der Waals surface area contributed by atoms with Crippen molar-refractivity contribution in [3.05, 3.63) is 70.0 Å². The van der Waals surface area contributed by atoms with Crippen molar-refractivity contribution in [2.75, 3.05) is 43.5 Å². The number of nitrogens with zero attached hydrogens (tertiary/aromatic N) is 4. The number of phenolic OH excluding ortho intramolecular Hbond substituents is 1. The zero-order valence-corrected chi connectivity index (χ0v) is 25.4. The molecule has 2 amide bonds. The molecule has 13 nitrogen and oxygen atoms in total. The number of nitrogen functional groups attached to an aromatic ring is 2. The van der Waals surface area contributed by atoms with Crippen LogP contribution in [-0.4, -0.2) is 70.0 Å². The monoisotopic (exact) mass is 625 g/mol. The summed E-state index contributed by atoms with van der Waals surface area (Å²) in [6.45, 7) is 1.82. The van der Waals surface area contributed by atoms with E-state index in [2.05, 4.69) is 54.8 Å². The highest BCUT2D eigenvalue weighted by atomic mass is 35.5. The number of aliphatic hydroxyl groups is 1. The molecule has 0 aliphatic heterocycles. The fraction of sp³-hybridized carbons (Fsp3) is 0.367. The summed E-state index contributed by atoms with van der Waals surface area (Å²) in [5.74, 6) is -1.09. The molecule has 0 saturated carbocycles. The van der Waals surface area contributed by atoms with Gasteiger partial charge in [0, 0.05) is 13.1 Å². The van der Waals surface area contributed by atoms with Gasteiger partial charge >= 0.3 is 5.91 Å². The first-order chi connectivity index (χ1) is 21.1. The van der Waals surface area contributed by atoms with Crippen LogP contribution in [0.15, 0.2) is 47.5 Å². The van der Waals surface area contributed by atoms with Crippen molar-refractivity contribution in [2.24, 2.45) is 10.7 Å². The minimum absolute atomic E-state index is 0.0455. The lowest BCUT2D eigenvalue weighted by atomic mass is 10.0. The van der Waals surface area contributed by atoms with Crippen molar-refractivity contribution < 1.29 is 19.8 Å². The average molecular weight is 626 g/mol. The van der Waals surface area contributed by atoms with Crippen LogP contribution < -0.4 is 27.8 Å². The van der Waals surface area contributed by atoms with Crippen LogP contribution in [0.5, 0.6) is 5.75 Å². The van der Waals surface area contributed by atoms with Crippen LogP contribution in [0.3, 0.4) is 0 Å². The fourth-order valence-electron chi connectivity index (χ4n) is 4.49. The number of rotatable bonds is 16. The van der Waals surface area contributed by atoms with Gasteiger partial charge < -0.3 is 42.9 Å². The summed E-state index contributed by atoms with van der Waals surface area (Å²) in [5.41, 5.74) is 20.2. The summed E-state index contributed by atoms with van der Waals surface area (Å²) in [4.78, 5) is 36.3. The van der Waals surface area contributed by atoms with E-state index in [0.29, 0.717) is 25.1 Å². The van der Waals surface area contributed by atoms with Gasteiger partial charge in [0.25, 0.3) is 0 Å². The van der Waals surface area contributed by atoms with E-state index in [1.807, 2.05) is 7.05 Å². The second kappa shape index (κ2) is 17.0. The third-order valence-electron chi connectivity index (χ3n) is 6.91. The first kappa shape index (κ1) is 34.0. The second-order valence-corrected chi connectivity index (χ2v) is 10.8. The highest BCUT2D eigenvalue weighted by Crippen LogP contribution is 2.27. The molecule has 14 heteroatoms. The molecule has 2 aromatic carbocycles. The Labute approximate surface area is 261 Å². The van der Waals surface area contributed by atoms with Crippen LogP contribution in [0, 0.1) is 0 Å². The maximum absolute atomic E-state index is 12.3. The molecule has 236 valence electrons. The minimum atomic E-state index is -0.761. The summed E-state index contributed by atoms with van der Waals surface area (Å²) in [5, 5.41) is 25.6. The van der Waals surface area contributed by atoms with E-state index in [-0.39, 0.29) is 39.9 Å². The van der Waals surface area contributed by atoms with Gasteiger partial charge in [0.1, 0.15) is 5.75 Å². The van der Waals surface area contributed by atoms with E-state index in [1.54, 1.807) is 12.1 Å². The van der Waals surface area contributed by atoms with Gasteiger partial charge in [-0.1, -0.05) is 41.9 Å². The van der Waals surface area contributed by atoms with Gasteiger partial charge in [0.15, 0.2) is 28.4 Å². The number of amides is 2. The van der Waals surface area contributed by atoms with E-state index in [0.717, 1.165) is 45.1 Å². The fourth-order valence-corrected chi connectivity index (χ4v) is 4.61. The van der Waals surface area contributed by atoms with Crippen molar-refractivity contribution in [1.29, 1.82) is 0 Å². The molecule has 0 bridgehead atoms. The van der Waals surface area contributed by atoms with E-state index in [4.69, 9.17) is 28.8 Å². The van der Waals surface area contributed by atoms with Crippen LogP contribution in [0.25, 0.3) is 0 Å². The highest BCUT2D eigenvalue weighted by molar-refractivity contribution is 6.31. The van der Waals surface area contributed by atoms with Crippen LogP contribution in [-0.2, 0) is 17.6 Å². The lowest BCUT2D eigenvalue weighted by molar-refractivity contribution is -0.105. The number of carbonyl (C=O) groups excluding carboxylic acids is 2. The van der Waals surface area contributed by atoms with E-state index in [9.17, 15) is 19.8 Å². The molecule has 0 aliphatic rings. The molecule has 0 fully saturated rings. The van der Waals surface area contributed by atoms with Crippen molar-refractivity contribution in [2.45, 2.75) is 44.6 Å². The Balaban J connectivity index is 1.30. The number of benzene rings is 2. The number of hydrogen-bond acceptors (Lipinski definition) is 9. The quantitative estimate of drug-likeness (QED) is 0.0403. The third-order valence-corrected chi connectivity index (χ3v) is 7.19. The first-order valence-corrected chi connectivity index (χ1v) is 14.6. The molecule has 0 unspecified atom stereocenters. The lowest BCUT2D eigenvalue weighted by Crippen LogP contribution is -2.33. The number of unbranched alkanes of at least 4 members (excludes halogenated alkanes) is 2. The van der Waals surface area contributed by atoms with Gasteiger partial charge in [-0.15, -0.1) is 0 Å². The largest absolute Gasteiger partial charge is 0.506 e. The second-order valence-electron chi connectivity index (χ2n) is 10.4. The number of aryl methyl sites for hydroxylation is 2. The summed E-state index contributed by atoms with van der Waals surface area (Å²) in [6.07, 6.45) is 5.39. The van der Waals surface area contributed by atoms with Crippen LogP contribution >= 0.6 is 11.6 Å². The van der Waals surface area contributed by atoms with E-state index < -0.39 is 12.0 Å². The number of halogens is 1. The molecule has 3 aromatic rings. The van der Waals surface area contributed by atoms with E-state index in [1.165, 1.54) is 17.2 Å². The topological polar surface area (TPSA) is 218 Å². The molecule has 0 spiro atoms. The van der Waals surface area contributed by atoms with Gasteiger partial charge in [-0.05, 0) is 80.9 Å². The van der Waals surface area contributed by atoms with Crippen LogP contribution in [0.2, 0.25) is 5.15 Å². The number of phenols is 1. The average Bonchev–Trinajstić information content (AvgIpc) is 2.98. The number of likely N-dealkylation sites (N-methyl/N-ethyl adjacent to an activating group) is 1. The normalized spacial score (nSPS) is 12.2. The molecule has 0 saturated heterocycles. The molecular weight excluding hydrogens is 586 g/mol. The summed E-state index contributed by atoms with van der Waals surface area (Å²) < 4.78 is 0. The standard InChI is InChI=1S/C30H40ClN9O4/c1-40(17-24(43)21-12-13-23(42)22(16-21)36-18-41)15-5-3-7-20-10-8-19(9-11-20)6-2-4-14-35-30(34)39-29(44)25-27(32)38-28(33)26(31)37-25/h8-13,16,18,24,42-43H,2-7,14-15,17H2,1H3,(H,36,41)(H4,32,33,38)(H3,34,35,39,44)/t24-/m0/s1. The van der Waals surface area contributed by atoms with Gasteiger partial charge in [0.2, 0.25) is 6.41 Å². The number of aromatic hydroxyl groups is 1. The highest BCUT2D eigenvalue weighted by Gasteiger charge is 2.16. The zero-order valence-electron chi connectivity index (χ0n) is 24.7. The number of hydrogen-bond donors (Lipinski definition) is 7. The maximum Gasteiger partial charge on any atom is 0.302 e. The van der Waals surface area contributed by atoms with Gasteiger partial charge in [-0.25, -0.2) is 9.97 Å². The predicted molar refractivity (Wildman–Crippen MR) is 172 cm³/mol. The molecule has 0 radical (unpaired) electrons. The van der Waals surface area contributed by atoms with Gasteiger partial charge in [0.05, 0.1) is 11.8 Å². The van der Waals surface area contributed by atoms with Crippen molar-refractivity contribution >= 4 is 47.2 Å². The Kier molecular flexibility index (Phi) is 13.1. The SMILES string of the molecule is CN(CCCCc1ccc(CCCCNC(N)=NC(=O)c2nc(Cl)c(N)nc2N)cc1)C[C@H](O)c1ccc(O)c(NC=O)c1. The Morgan fingerprint density at radius 2 is 1.70 bits per heavy atom. The Morgan fingerprint density at radius 1 is 1.05 bits per heavy atom. The third kappa shape index (κ3) is 10.7. The van der Waals surface area contributed by atoms with Gasteiger partial charge in [-0.3, -0.25) is 9.59 Å². The van der Waals surface area contributed by atoms with Crippen molar-refractivity contribution in [3.8, 4) is 5.75 Å². The molecule has 44 heavy (non-hydrogen) atoms. The van der Waals surface area contributed by atoms with E-state index >= 15 is 0 Å². The number of aliphatic imine (C=N–C) groups is 1. The smallest absolute Gasteiger partial charge is 0.302 e. The summed E-state index contributed by atoms with van der Waals surface area (Å²) >= 11 is 5.80. The number of anilines is 3. The molecule has 1 atom stereocenters. The first-order valence-electron chi connectivity index (χ1n) is 14.3. The number of aromatic nitrogens is 2. The van der Waals surface area contributed by atoms with Crippen LogP contribution in [0.4, 0.5) is 17.3 Å².